The molecule has 70 valence electrons. The van der Waals surface area contributed by atoms with E-state index < -0.39 is 11.5 Å². The van der Waals surface area contributed by atoms with E-state index >= 15 is 0 Å². The highest BCUT2D eigenvalue weighted by Gasteiger charge is 2.12. The molecular weight excluding hydrogens is 307 g/mol. The zero-order valence-corrected chi connectivity index (χ0v) is 9.34. The average Bonchev–Trinajstić information content (AvgIpc) is 2.08. The molecular formula is C8H6ClFINO. The molecule has 0 aliphatic rings. The van der Waals surface area contributed by atoms with Gasteiger partial charge in [-0.25, -0.2) is 4.39 Å². The minimum absolute atomic E-state index is 0.536. The molecule has 1 atom stereocenters. The van der Waals surface area contributed by atoms with Gasteiger partial charge in [0.25, 0.3) is 11.5 Å². The lowest BCUT2D eigenvalue weighted by molar-refractivity contribution is -0.118. The zero-order chi connectivity index (χ0) is 9.84. The van der Waals surface area contributed by atoms with Crippen molar-refractivity contribution in [1.29, 1.82) is 0 Å². The van der Waals surface area contributed by atoms with Gasteiger partial charge in [-0.3, -0.25) is 4.79 Å². The molecule has 2 nitrogen and oxygen atoms in total. The topological polar surface area (TPSA) is 29.1 Å². The predicted octanol–water partition coefficient (Wildman–Crippen LogP) is 2.76. The number of rotatable bonds is 2. The molecule has 0 saturated heterocycles. The molecule has 0 aliphatic heterocycles. The van der Waals surface area contributed by atoms with Crippen LogP contribution in [0.1, 0.15) is 0 Å². The van der Waals surface area contributed by atoms with Crippen molar-refractivity contribution in [1.82, 2.24) is 0 Å². The number of alkyl halides is 2. The third-order valence-electron chi connectivity index (χ3n) is 1.31. The molecule has 1 amide bonds. The van der Waals surface area contributed by atoms with Crippen molar-refractivity contribution < 1.29 is 9.18 Å². The van der Waals surface area contributed by atoms with Crippen molar-refractivity contribution in [2.45, 2.75) is 5.63 Å². The van der Waals surface area contributed by atoms with Crippen LogP contribution in [0, 0.1) is 3.57 Å². The Morgan fingerprint density at radius 2 is 2.00 bits per heavy atom. The summed E-state index contributed by atoms with van der Waals surface area (Å²) >= 11 is 7.06. The standard InChI is InChI=1S/C8H6ClFINO/c9-7(10)8(13)12-6-3-1-5(11)2-4-6/h1-4,7H,(H,12,13). The Bertz CT molecular complexity index is 302. The van der Waals surface area contributed by atoms with E-state index in [4.69, 9.17) is 11.6 Å². The quantitative estimate of drug-likeness (QED) is 0.660. The normalized spacial score (nSPS) is 12.2. The Morgan fingerprint density at radius 3 is 2.46 bits per heavy atom. The van der Waals surface area contributed by atoms with Gasteiger partial charge in [0, 0.05) is 9.26 Å². The second-order valence-electron chi connectivity index (χ2n) is 2.30. The van der Waals surface area contributed by atoms with Crippen LogP contribution in [-0.2, 0) is 4.79 Å². The predicted molar refractivity (Wildman–Crippen MR) is 58.5 cm³/mol. The molecule has 0 bridgehead atoms. The van der Waals surface area contributed by atoms with Gasteiger partial charge in [0.05, 0.1) is 0 Å². The van der Waals surface area contributed by atoms with Crippen LogP contribution in [-0.4, -0.2) is 11.5 Å². The molecule has 0 heterocycles. The van der Waals surface area contributed by atoms with Crippen molar-refractivity contribution in [2.75, 3.05) is 5.32 Å². The van der Waals surface area contributed by atoms with E-state index in [1.54, 1.807) is 24.3 Å². The zero-order valence-electron chi connectivity index (χ0n) is 6.43. The summed E-state index contributed by atoms with van der Waals surface area (Å²) in [7, 11) is 0. The van der Waals surface area contributed by atoms with Crippen LogP contribution in [0.5, 0.6) is 0 Å². The summed E-state index contributed by atoms with van der Waals surface area (Å²) in [5.74, 6) is -0.845. The first-order valence-corrected chi connectivity index (χ1v) is 4.95. The van der Waals surface area contributed by atoms with Gasteiger partial charge in [0.2, 0.25) is 0 Å². The van der Waals surface area contributed by atoms with E-state index in [0.29, 0.717) is 5.69 Å². The van der Waals surface area contributed by atoms with E-state index in [2.05, 4.69) is 27.9 Å². The van der Waals surface area contributed by atoms with Gasteiger partial charge in [-0.1, -0.05) is 11.6 Å². The fourth-order valence-corrected chi connectivity index (χ4v) is 1.14. The van der Waals surface area contributed by atoms with E-state index in [9.17, 15) is 9.18 Å². The SMILES string of the molecule is O=C(Nc1ccc(I)cc1)C(F)Cl. The largest absolute Gasteiger partial charge is 0.322 e. The maximum atomic E-state index is 12.2. The summed E-state index contributed by atoms with van der Waals surface area (Å²) in [5, 5.41) is 2.32. The van der Waals surface area contributed by atoms with Gasteiger partial charge in [-0.2, -0.15) is 0 Å². The number of carbonyl (C=O) groups is 1. The van der Waals surface area contributed by atoms with Gasteiger partial charge in [-0.05, 0) is 46.9 Å². The molecule has 5 heteroatoms. The molecule has 0 aliphatic carbocycles. The molecule has 0 saturated carbocycles. The van der Waals surface area contributed by atoms with E-state index in [1.165, 1.54) is 0 Å². The number of carbonyl (C=O) groups excluding carboxylic acids is 1. The number of anilines is 1. The van der Waals surface area contributed by atoms with Crippen molar-refractivity contribution in [3.8, 4) is 0 Å². The highest BCUT2D eigenvalue weighted by atomic mass is 127. The molecule has 0 aromatic heterocycles. The number of hydrogen-bond donors (Lipinski definition) is 1. The lowest BCUT2D eigenvalue weighted by atomic mass is 10.3. The van der Waals surface area contributed by atoms with Gasteiger partial charge in [-0.15, -0.1) is 0 Å². The van der Waals surface area contributed by atoms with Gasteiger partial charge < -0.3 is 5.32 Å². The number of nitrogens with one attached hydrogen (secondary N) is 1. The van der Waals surface area contributed by atoms with Crippen LogP contribution in [0.15, 0.2) is 24.3 Å². The Kier molecular flexibility index (Phi) is 3.92. The fraction of sp³-hybridized carbons (Fsp3) is 0.125. The van der Waals surface area contributed by atoms with Gasteiger partial charge >= 0.3 is 0 Å². The maximum Gasteiger partial charge on any atom is 0.274 e. The van der Waals surface area contributed by atoms with E-state index in [1.807, 2.05) is 0 Å². The van der Waals surface area contributed by atoms with Crippen LogP contribution in [0.4, 0.5) is 10.1 Å². The summed E-state index contributed by atoms with van der Waals surface area (Å²) < 4.78 is 13.3. The molecule has 1 unspecified atom stereocenters. The Morgan fingerprint density at radius 1 is 1.46 bits per heavy atom. The van der Waals surface area contributed by atoms with Crippen LogP contribution >= 0.6 is 34.2 Å². The number of hydrogen-bond acceptors (Lipinski definition) is 1. The van der Waals surface area contributed by atoms with Crippen molar-refractivity contribution >= 4 is 45.8 Å². The molecule has 0 radical (unpaired) electrons. The van der Waals surface area contributed by atoms with Crippen LogP contribution in [0.2, 0.25) is 0 Å². The highest BCUT2D eigenvalue weighted by Crippen LogP contribution is 2.12. The van der Waals surface area contributed by atoms with Crippen LogP contribution in [0.25, 0.3) is 0 Å². The Balaban J connectivity index is 2.65. The smallest absolute Gasteiger partial charge is 0.274 e. The lowest BCUT2D eigenvalue weighted by Gasteiger charge is -2.03. The first kappa shape index (κ1) is 10.7. The van der Waals surface area contributed by atoms with Crippen LogP contribution in [0.3, 0.4) is 0 Å². The summed E-state index contributed by atoms with van der Waals surface area (Å²) in [6, 6.07) is 6.97. The number of benzene rings is 1. The van der Waals surface area contributed by atoms with Crippen molar-refractivity contribution in [3.63, 3.8) is 0 Å². The molecule has 1 aromatic rings. The summed E-state index contributed by atoms with van der Waals surface area (Å²) in [4.78, 5) is 10.8. The Labute approximate surface area is 93.6 Å². The molecule has 1 rings (SSSR count). The van der Waals surface area contributed by atoms with Gasteiger partial charge in [0.15, 0.2) is 0 Å². The average molecular weight is 313 g/mol. The molecule has 0 spiro atoms. The summed E-state index contributed by atoms with van der Waals surface area (Å²) in [6.45, 7) is 0. The highest BCUT2D eigenvalue weighted by molar-refractivity contribution is 14.1. The van der Waals surface area contributed by atoms with Crippen molar-refractivity contribution in [3.05, 3.63) is 27.8 Å². The number of halogens is 3. The monoisotopic (exact) mass is 313 g/mol. The molecule has 1 aromatic carbocycles. The van der Waals surface area contributed by atoms with Crippen LogP contribution < -0.4 is 5.32 Å². The lowest BCUT2D eigenvalue weighted by Crippen LogP contribution is -2.19. The molecule has 1 N–H and O–H groups in total. The Hall–Kier alpha value is -0.360. The minimum Gasteiger partial charge on any atom is -0.322 e. The number of amides is 1. The first-order valence-electron chi connectivity index (χ1n) is 3.44. The fourth-order valence-electron chi connectivity index (χ4n) is 0.730. The van der Waals surface area contributed by atoms with E-state index in [0.717, 1.165) is 3.57 Å². The summed E-state index contributed by atoms with van der Waals surface area (Å²) in [6.07, 6.45) is 0. The van der Waals surface area contributed by atoms with Gasteiger partial charge in [0.1, 0.15) is 0 Å². The molecule has 0 fully saturated rings. The third-order valence-corrected chi connectivity index (χ3v) is 2.23. The molecule has 13 heavy (non-hydrogen) atoms. The summed E-state index contributed by atoms with van der Waals surface area (Å²) in [5.41, 5.74) is -1.46. The second-order valence-corrected chi connectivity index (χ2v) is 3.93. The van der Waals surface area contributed by atoms with E-state index in [-0.39, 0.29) is 0 Å². The van der Waals surface area contributed by atoms with Crippen molar-refractivity contribution in [2.24, 2.45) is 0 Å². The third kappa shape index (κ3) is 3.48. The minimum atomic E-state index is -2.00. The maximum absolute atomic E-state index is 12.2. The first-order chi connectivity index (χ1) is 6.09. The second kappa shape index (κ2) is 4.76.